The zero-order chi connectivity index (χ0) is 23.5. The topological polar surface area (TPSA) is 51.2 Å². The molecule has 0 aliphatic rings. The number of ether oxygens (including phenoxy) is 1. The third-order valence-corrected chi connectivity index (χ3v) is 4.90. The zero-order valence-electron chi connectivity index (χ0n) is 16.5. The van der Waals surface area contributed by atoms with Crippen LogP contribution in [0.25, 0.3) is 11.1 Å². The van der Waals surface area contributed by atoms with Crippen LogP contribution in [-0.4, -0.2) is 24.5 Å². The van der Waals surface area contributed by atoms with Crippen molar-refractivity contribution in [3.05, 3.63) is 82.5 Å². The fourth-order valence-electron chi connectivity index (χ4n) is 2.97. The summed E-state index contributed by atoms with van der Waals surface area (Å²) in [5.41, 5.74) is -1.40. The molecule has 0 atom stereocenters. The van der Waals surface area contributed by atoms with Crippen molar-refractivity contribution in [3.63, 3.8) is 0 Å². The van der Waals surface area contributed by atoms with E-state index >= 15 is 0 Å². The number of amides is 1. The van der Waals surface area contributed by atoms with E-state index in [4.69, 9.17) is 16.3 Å². The Hall–Kier alpha value is -3.20. The first kappa shape index (κ1) is 23.5. The largest absolute Gasteiger partial charge is 0.481 e. The molecular formula is C22H16ClF5N2O2. The first-order valence-electron chi connectivity index (χ1n) is 9.15. The number of carbonyl (C=O) groups is 1. The van der Waals surface area contributed by atoms with Crippen LogP contribution in [-0.2, 0) is 12.1 Å². The van der Waals surface area contributed by atoms with Crippen LogP contribution < -0.4 is 10.1 Å². The molecule has 0 saturated heterocycles. The van der Waals surface area contributed by atoms with E-state index < -0.39 is 41.2 Å². The molecule has 2 aromatic carbocycles. The number of pyridine rings is 1. The highest BCUT2D eigenvalue weighted by molar-refractivity contribution is 6.31. The fourth-order valence-corrected chi connectivity index (χ4v) is 3.29. The fraction of sp³-hybridized carbons (Fsp3) is 0.182. The van der Waals surface area contributed by atoms with Gasteiger partial charge in [0.25, 0.3) is 11.8 Å². The van der Waals surface area contributed by atoms with Gasteiger partial charge in [-0.05, 0) is 29.8 Å². The molecule has 32 heavy (non-hydrogen) atoms. The maximum absolute atomic E-state index is 14.7. The van der Waals surface area contributed by atoms with E-state index in [-0.39, 0.29) is 5.02 Å². The maximum atomic E-state index is 14.7. The SMILES string of the molecule is COc1ccc(-c2ccc(C(F)(F)CNC(=O)c3ccccc3C(F)(F)F)c(Cl)c2)cn1. The van der Waals surface area contributed by atoms with Crippen LogP contribution in [0.4, 0.5) is 22.0 Å². The Kier molecular flexibility index (Phi) is 6.68. The van der Waals surface area contributed by atoms with Gasteiger partial charge in [-0.1, -0.05) is 35.9 Å². The van der Waals surface area contributed by atoms with Crippen molar-refractivity contribution in [2.24, 2.45) is 0 Å². The van der Waals surface area contributed by atoms with Crippen LogP contribution in [0.1, 0.15) is 21.5 Å². The number of methoxy groups -OCH3 is 1. The second-order valence-electron chi connectivity index (χ2n) is 6.71. The zero-order valence-corrected chi connectivity index (χ0v) is 17.3. The minimum Gasteiger partial charge on any atom is -0.481 e. The predicted octanol–water partition coefficient (Wildman–Crippen LogP) is 5.95. The minimum absolute atomic E-state index is 0.270. The Morgan fingerprint density at radius 1 is 1.00 bits per heavy atom. The molecular weight excluding hydrogens is 455 g/mol. The lowest BCUT2D eigenvalue weighted by atomic mass is 10.0. The number of halogens is 6. The molecule has 0 bridgehead atoms. The molecule has 0 spiro atoms. The molecule has 10 heteroatoms. The first-order chi connectivity index (χ1) is 15.0. The van der Waals surface area contributed by atoms with E-state index in [2.05, 4.69) is 4.98 Å². The lowest BCUT2D eigenvalue weighted by molar-refractivity contribution is -0.137. The number of benzene rings is 2. The van der Waals surface area contributed by atoms with Crippen molar-refractivity contribution in [1.82, 2.24) is 10.3 Å². The van der Waals surface area contributed by atoms with E-state index in [1.807, 2.05) is 5.32 Å². The number of nitrogens with one attached hydrogen (secondary N) is 1. The number of alkyl halides is 5. The van der Waals surface area contributed by atoms with Gasteiger partial charge < -0.3 is 10.1 Å². The number of hydrogen-bond acceptors (Lipinski definition) is 3. The van der Waals surface area contributed by atoms with E-state index in [1.165, 1.54) is 31.5 Å². The Labute approximate surface area is 185 Å². The first-order valence-corrected chi connectivity index (χ1v) is 9.53. The van der Waals surface area contributed by atoms with Crippen LogP contribution >= 0.6 is 11.6 Å². The minimum atomic E-state index is -4.80. The molecule has 3 rings (SSSR count). The van der Waals surface area contributed by atoms with Gasteiger partial charge >= 0.3 is 6.18 Å². The molecule has 3 aromatic rings. The molecule has 1 heterocycles. The Morgan fingerprint density at radius 3 is 2.28 bits per heavy atom. The number of nitrogens with zero attached hydrogens (tertiary/aromatic N) is 1. The lowest BCUT2D eigenvalue weighted by Crippen LogP contribution is -2.36. The Balaban J connectivity index is 1.77. The van der Waals surface area contributed by atoms with Gasteiger partial charge in [-0.2, -0.15) is 22.0 Å². The average Bonchev–Trinajstić information content (AvgIpc) is 2.76. The molecule has 0 saturated carbocycles. The Morgan fingerprint density at radius 2 is 1.69 bits per heavy atom. The second-order valence-corrected chi connectivity index (χ2v) is 7.12. The normalized spacial score (nSPS) is 11.8. The highest BCUT2D eigenvalue weighted by Crippen LogP contribution is 2.36. The van der Waals surface area contributed by atoms with Crippen molar-refractivity contribution in [2.45, 2.75) is 12.1 Å². The summed E-state index contributed by atoms with van der Waals surface area (Å²) in [6, 6.07) is 11.0. The van der Waals surface area contributed by atoms with Crippen molar-refractivity contribution in [3.8, 4) is 17.0 Å². The van der Waals surface area contributed by atoms with E-state index in [9.17, 15) is 26.7 Å². The second kappa shape index (κ2) is 9.12. The molecule has 0 fully saturated rings. The van der Waals surface area contributed by atoms with Crippen LogP contribution in [0, 0.1) is 0 Å². The van der Waals surface area contributed by atoms with Gasteiger partial charge in [0.1, 0.15) is 0 Å². The Bertz CT molecular complexity index is 1120. The molecule has 1 aromatic heterocycles. The third kappa shape index (κ3) is 5.16. The molecule has 0 radical (unpaired) electrons. The van der Waals surface area contributed by atoms with E-state index in [1.54, 1.807) is 12.1 Å². The number of carbonyl (C=O) groups excluding carboxylic acids is 1. The summed E-state index contributed by atoms with van der Waals surface area (Å²) in [4.78, 5) is 16.2. The van der Waals surface area contributed by atoms with Crippen molar-refractivity contribution in [1.29, 1.82) is 0 Å². The van der Waals surface area contributed by atoms with Gasteiger partial charge in [-0.25, -0.2) is 4.98 Å². The van der Waals surface area contributed by atoms with Crippen LogP contribution in [0.15, 0.2) is 60.8 Å². The third-order valence-electron chi connectivity index (χ3n) is 4.59. The number of hydrogen-bond donors (Lipinski definition) is 1. The molecule has 0 unspecified atom stereocenters. The van der Waals surface area contributed by atoms with Crippen LogP contribution in [0.5, 0.6) is 5.88 Å². The monoisotopic (exact) mass is 470 g/mol. The van der Waals surface area contributed by atoms with Crippen LogP contribution in [0.2, 0.25) is 5.02 Å². The summed E-state index contributed by atoms with van der Waals surface area (Å²) in [6.07, 6.45) is -3.31. The van der Waals surface area contributed by atoms with Gasteiger partial charge in [-0.15, -0.1) is 0 Å². The van der Waals surface area contributed by atoms with Crippen molar-refractivity contribution in [2.75, 3.05) is 13.7 Å². The molecule has 0 aliphatic heterocycles. The molecule has 168 valence electrons. The summed E-state index contributed by atoms with van der Waals surface area (Å²) in [5.74, 6) is -4.52. The van der Waals surface area contributed by atoms with Gasteiger partial charge in [0, 0.05) is 23.4 Å². The van der Waals surface area contributed by atoms with Gasteiger partial charge in [0.05, 0.1) is 29.8 Å². The molecule has 1 N–H and O–H groups in total. The standard InChI is InChI=1S/C22H16ClF5N2O2/c1-32-19-9-7-14(11-29-19)13-6-8-17(18(23)10-13)21(24,25)12-30-20(31)15-4-2-3-5-16(15)22(26,27)28/h2-11H,12H2,1H3,(H,30,31). The van der Waals surface area contributed by atoms with Crippen molar-refractivity contribution < 1.29 is 31.5 Å². The smallest absolute Gasteiger partial charge is 0.417 e. The van der Waals surface area contributed by atoms with Crippen LogP contribution in [0.3, 0.4) is 0 Å². The van der Waals surface area contributed by atoms with Gasteiger partial charge in [-0.3, -0.25) is 4.79 Å². The lowest BCUT2D eigenvalue weighted by Gasteiger charge is -2.20. The predicted molar refractivity (Wildman–Crippen MR) is 109 cm³/mol. The number of aromatic nitrogens is 1. The van der Waals surface area contributed by atoms with Crippen molar-refractivity contribution >= 4 is 17.5 Å². The van der Waals surface area contributed by atoms with Gasteiger partial charge in [0.15, 0.2) is 0 Å². The summed E-state index contributed by atoms with van der Waals surface area (Å²) >= 11 is 6.05. The summed E-state index contributed by atoms with van der Waals surface area (Å²) in [7, 11) is 1.45. The molecule has 4 nitrogen and oxygen atoms in total. The molecule has 0 aliphatic carbocycles. The van der Waals surface area contributed by atoms with E-state index in [0.717, 1.165) is 18.2 Å². The number of rotatable bonds is 6. The van der Waals surface area contributed by atoms with Gasteiger partial charge in [0.2, 0.25) is 5.88 Å². The summed E-state index contributed by atoms with van der Waals surface area (Å²) < 4.78 is 73.6. The van der Waals surface area contributed by atoms with E-state index in [0.29, 0.717) is 23.1 Å². The summed E-state index contributed by atoms with van der Waals surface area (Å²) in [5, 5.41) is 1.59. The summed E-state index contributed by atoms with van der Waals surface area (Å²) in [6.45, 7) is -1.23. The quantitative estimate of drug-likeness (QED) is 0.453. The molecule has 1 amide bonds. The average molecular weight is 471 g/mol. The highest BCUT2D eigenvalue weighted by Gasteiger charge is 2.37. The maximum Gasteiger partial charge on any atom is 0.417 e. The highest BCUT2D eigenvalue weighted by atomic mass is 35.5.